The van der Waals surface area contributed by atoms with Crippen LogP contribution in [0.25, 0.3) is 0 Å². The van der Waals surface area contributed by atoms with E-state index in [0.29, 0.717) is 30.1 Å². The molecule has 0 bridgehead atoms. The Morgan fingerprint density at radius 3 is 2.38 bits per heavy atom. The summed E-state index contributed by atoms with van der Waals surface area (Å²) in [6, 6.07) is 7.96. The highest BCUT2D eigenvalue weighted by atomic mass is 16.5. The maximum atomic E-state index is 13.0. The smallest absolute Gasteiger partial charge is 0.259 e. The van der Waals surface area contributed by atoms with E-state index in [9.17, 15) is 9.59 Å². The maximum absolute atomic E-state index is 13.0. The minimum absolute atomic E-state index is 0.0284. The SMILES string of the molecule is CC(=O)Nc1ccc(CCN2CCN(C(=O)c3c(C)noc3C(C)C)CC2)cc1. The van der Waals surface area contributed by atoms with Gasteiger partial charge in [-0.2, -0.15) is 0 Å². The number of aromatic nitrogens is 1. The van der Waals surface area contributed by atoms with E-state index in [0.717, 1.165) is 31.7 Å². The molecule has 0 aliphatic carbocycles. The normalized spacial score (nSPS) is 15.0. The Kier molecular flexibility index (Phi) is 6.69. The monoisotopic (exact) mass is 398 g/mol. The lowest BCUT2D eigenvalue weighted by atomic mass is 10.0. The Hall–Kier alpha value is -2.67. The highest BCUT2D eigenvalue weighted by Crippen LogP contribution is 2.24. The van der Waals surface area contributed by atoms with Gasteiger partial charge in [0.15, 0.2) is 5.76 Å². The number of carbonyl (C=O) groups excluding carboxylic acids is 2. The molecule has 7 nitrogen and oxygen atoms in total. The molecule has 0 spiro atoms. The molecule has 0 saturated carbocycles. The lowest BCUT2D eigenvalue weighted by molar-refractivity contribution is -0.114. The van der Waals surface area contributed by atoms with E-state index in [1.807, 2.05) is 49.9 Å². The predicted octanol–water partition coefficient (Wildman–Crippen LogP) is 3.07. The highest BCUT2D eigenvalue weighted by Gasteiger charge is 2.28. The fraction of sp³-hybridized carbons (Fsp3) is 0.500. The van der Waals surface area contributed by atoms with Gasteiger partial charge in [0.25, 0.3) is 5.91 Å². The molecule has 1 aromatic heterocycles. The number of carbonyl (C=O) groups is 2. The number of hydrogen-bond acceptors (Lipinski definition) is 5. The second kappa shape index (κ2) is 9.22. The summed E-state index contributed by atoms with van der Waals surface area (Å²) in [5, 5.41) is 6.78. The quantitative estimate of drug-likeness (QED) is 0.809. The molecule has 1 aliphatic heterocycles. The highest BCUT2D eigenvalue weighted by molar-refractivity contribution is 5.96. The first-order valence-electron chi connectivity index (χ1n) is 10.2. The van der Waals surface area contributed by atoms with Crippen molar-refractivity contribution in [1.29, 1.82) is 0 Å². The molecule has 3 rings (SSSR count). The Morgan fingerprint density at radius 1 is 1.14 bits per heavy atom. The number of nitrogens with zero attached hydrogens (tertiary/aromatic N) is 3. The van der Waals surface area contributed by atoms with Gasteiger partial charge in [-0.1, -0.05) is 31.1 Å². The molecule has 2 aromatic rings. The van der Waals surface area contributed by atoms with Crippen LogP contribution in [0.2, 0.25) is 0 Å². The second-order valence-electron chi connectivity index (χ2n) is 7.92. The van der Waals surface area contributed by atoms with Gasteiger partial charge in [0.1, 0.15) is 5.56 Å². The minimum Gasteiger partial charge on any atom is -0.360 e. The Labute approximate surface area is 172 Å². The van der Waals surface area contributed by atoms with Crippen molar-refractivity contribution in [1.82, 2.24) is 15.0 Å². The van der Waals surface area contributed by atoms with Crippen LogP contribution in [0.5, 0.6) is 0 Å². The lowest BCUT2D eigenvalue weighted by Crippen LogP contribution is -2.49. The third-order valence-electron chi connectivity index (χ3n) is 5.28. The van der Waals surface area contributed by atoms with E-state index >= 15 is 0 Å². The van der Waals surface area contributed by atoms with Crippen LogP contribution in [-0.2, 0) is 11.2 Å². The third kappa shape index (κ3) is 5.23. The number of piperazine rings is 1. The molecule has 156 valence electrons. The number of rotatable bonds is 6. The van der Waals surface area contributed by atoms with Gasteiger partial charge in [0.05, 0.1) is 5.69 Å². The zero-order valence-electron chi connectivity index (χ0n) is 17.7. The van der Waals surface area contributed by atoms with Crippen molar-refractivity contribution in [2.45, 2.75) is 40.0 Å². The van der Waals surface area contributed by atoms with Crippen molar-refractivity contribution in [2.75, 3.05) is 38.0 Å². The summed E-state index contributed by atoms with van der Waals surface area (Å²) in [7, 11) is 0. The molecule has 1 aromatic carbocycles. The van der Waals surface area contributed by atoms with Gasteiger partial charge in [-0.25, -0.2) is 0 Å². The van der Waals surface area contributed by atoms with Gasteiger partial charge < -0.3 is 14.7 Å². The lowest BCUT2D eigenvalue weighted by Gasteiger charge is -2.34. The number of anilines is 1. The number of aryl methyl sites for hydroxylation is 1. The largest absolute Gasteiger partial charge is 0.360 e. The van der Waals surface area contributed by atoms with Crippen molar-refractivity contribution in [3.63, 3.8) is 0 Å². The van der Waals surface area contributed by atoms with Crippen LogP contribution < -0.4 is 5.32 Å². The third-order valence-corrected chi connectivity index (χ3v) is 5.28. The summed E-state index contributed by atoms with van der Waals surface area (Å²) in [6.07, 6.45) is 0.941. The molecular formula is C22H30N4O3. The Balaban J connectivity index is 1.50. The zero-order chi connectivity index (χ0) is 21.0. The molecule has 0 unspecified atom stereocenters. The molecule has 1 fully saturated rings. The average molecular weight is 399 g/mol. The fourth-order valence-electron chi connectivity index (χ4n) is 3.62. The molecule has 0 atom stereocenters. The van der Waals surface area contributed by atoms with E-state index in [1.54, 1.807) is 0 Å². The van der Waals surface area contributed by atoms with Crippen LogP contribution in [-0.4, -0.2) is 59.5 Å². The van der Waals surface area contributed by atoms with Gasteiger partial charge >= 0.3 is 0 Å². The van der Waals surface area contributed by atoms with Crippen molar-refractivity contribution >= 4 is 17.5 Å². The number of nitrogens with one attached hydrogen (secondary N) is 1. The van der Waals surface area contributed by atoms with Crippen molar-refractivity contribution < 1.29 is 14.1 Å². The average Bonchev–Trinajstić information content (AvgIpc) is 3.08. The van der Waals surface area contributed by atoms with Crippen molar-refractivity contribution in [3.8, 4) is 0 Å². The fourth-order valence-corrected chi connectivity index (χ4v) is 3.62. The topological polar surface area (TPSA) is 78.7 Å². The Morgan fingerprint density at radius 2 is 1.79 bits per heavy atom. The zero-order valence-corrected chi connectivity index (χ0v) is 17.7. The second-order valence-corrected chi connectivity index (χ2v) is 7.92. The first kappa shape index (κ1) is 21.0. The molecule has 29 heavy (non-hydrogen) atoms. The van der Waals surface area contributed by atoms with Crippen LogP contribution >= 0.6 is 0 Å². The molecular weight excluding hydrogens is 368 g/mol. The molecule has 0 radical (unpaired) electrons. The maximum Gasteiger partial charge on any atom is 0.259 e. The molecule has 2 heterocycles. The van der Waals surface area contributed by atoms with E-state index in [2.05, 4.69) is 15.4 Å². The van der Waals surface area contributed by atoms with Crippen LogP contribution in [0.4, 0.5) is 5.69 Å². The van der Waals surface area contributed by atoms with Gasteiger partial charge in [0.2, 0.25) is 5.91 Å². The van der Waals surface area contributed by atoms with Crippen LogP contribution in [0.15, 0.2) is 28.8 Å². The van der Waals surface area contributed by atoms with E-state index < -0.39 is 0 Å². The summed E-state index contributed by atoms with van der Waals surface area (Å²) < 4.78 is 5.38. The van der Waals surface area contributed by atoms with Crippen LogP contribution in [0.1, 0.15) is 54.1 Å². The van der Waals surface area contributed by atoms with Crippen molar-refractivity contribution in [2.24, 2.45) is 0 Å². The van der Waals surface area contributed by atoms with Gasteiger partial charge in [-0.15, -0.1) is 0 Å². The summed E-state index contributed by atoms with van der Waals surface area (Å²) in [5.41, 5.74) is 3.36. The van der Waals surface area contributed by atoms with Gasteiger partial charge in [-0.3, -0.25) is 14.5 Å². The number of hydrogen-bond donors (Lipinski definition) is 1. The molecule has 1 saturated heterocycles. The van der Waals surface area contributed by atoms with Gasteiger partial charge in [-0.05, 0) is 31.0 Å². The van der Waals surface area contributed by atoms with E-state index in [4.69, 9.17) is 4.52 Å². The summed E-state index contributed by atoms with van der Waals surface area (Å²) in [5.74, 6) is 0.777. The van der Waals surface area contributed by atoms with E-state index in [1.165, 1.54) is 12.5 Å². The predicted molar refractivity (Wildman–Crippen MR) is 112 cm³/mol. The molecule has 7 heteroatoms. The first-order valence-corrected chi connectivity index (χ1v) is 10.2. The molecule has 2 amide bonds. The van der Waals surface area contributed by atoms with Gasteiger partial charge in [0, 0.05) is 51.3 Å². The standard InChI is InChI=1S/C22H30N4O3/c1-15(2)21-20(16(3)24-29-21)22(28)26-13-11-25(12-14-26)10-9-18-5-7-19(8-6-18)23-17(4)27/h5-8,15H,9-14H2,1-4H3,(H,23,27). The summed E-state index contributed by atoms with van der Waals surface area (Å²) in [4.78, 5) is 28.4. The minimum atomic E-state index is -0.0629. The summed E-state index contributed by atoms with van der Waals surface area (Å²) >= 11 is 0. The Bertz CT molecular complexity index is 849. The number of amides is 2. The first-order chi connectivity index (χ1) is 13.8. The molecule has 1 N–H and O–H groups in total. The van der Waals surface area contributed by atoms with Crippen molar-refractivity contribution in [3.05, 3.63) is 46.8 Å². The molecule has 1 aliphatic rings. The number of benzene rings is 1. The summed E-state index contributed by atoms with van der Waals surface area (Å²) in [6.45, 7) is 11.4. The van der Waals surface area contributed by atoms with Crippen LogP contribution in [0, 0.1) is 6.92 Å². The van der Waals surface area contributed by atoms with E-state index in [-0.39, 0.29) is 17.7 Å². The van der Waals surface area contributed by atoms with Crippen LogP contribution in [0.3, 0.4) is 0 Å².